The van der Waals surface area contributed by atoms with Gasteiger partial charge in [-0.3, -0.25) is 10.1 Å². The molecule has 0 aliphatic heterocycles. The summed E-state index contributed by atoms with van der Waals surface area (Å²) >= 11 is 1.37. The molecule has 1 N–H and O–H groups in total. The lowest BCUT2D eigenvalue weighted by Gasteiger charge is -2.11. The third-order valence-electron chi connectivity index (χ3n) is 4.32. The predicted octanol–water partition coefficient (Wildman–Crippen LogP) is 4.94. The molecule has 4 rings (SSSR count). The monoisotopic (exact) mass is 405 g/mol. The van der Waals surface area contributed by atoms with Crippen molar-refractivity contribution in [2.24, 2.45) is 0 Å². The molecule has 146 valence electrons. The van der Waals surface area contributed by atoms with Crippen LogP contribution in [0.5, 0.6) is 5.75 Å². The minimum atomic E-state index is -0.181. The molecule has 2 aromatic carbocycles. The maximum absolute atomic E-state index is 12.2. The van der Waals surface area contributed by atoms with Gasteiger partial charge in [-0.25, -0.2) is 4.98 Å². The first-order valence-corrected chi connectivity index (χ1v) is 10.0. The Bertz CT molecular complexity index is 1160. The van der Waals surface area contributed by atoms with Gasteiger partial charge in [-0.1, -0.05) is 47.3 Å². The van der Waals surface area contributed by atoms with Crippen molar-refractivity contribution in [1.29, 1.82) is 0 Å². The minimum absolute atomic E-state index is 0.181. The van der Waals surface area contributed by atoms with Crippen LogP contribution in [-0.2, 0) is 4.79 Å². The van der Waals surface area contributed by atoms with Gasteiger partial charge in [-0.15, -0.1) is 0 Å². The molecular formula is C22H19N3O3S. The molecule has 0 atom stereocenters. The van der Waals surface area contributed by atoms with Crippen LogP contribution in [0.3, 0.4) is 0 Å². The van der Waals surface area contributed by atoms with E-state index in [0.29, 0.717) is 11.6 Å². The van der Waals surface area contributed by atoms with Crippen LogP contribution in [0.1, 0.15) is 5.69 Å². The zero-order valence-electron chi connectivity index (χ0n) is 16.0. The number of thioether (sulfide) groups is 1. The predicted molar refractivity (Wildman–Crippen MR) is 114 cm³/mol. The number of methoxy groups -OCH3 is 1. The van der Waals surface area contributed by atoms with Crippen LogP contribution in [0.2, 0.25) is 0 Å². The molecule has 2 heterocycles. The smallest absolute Gasteiger partial charge is 0.237 e. The number of fused-ring (bicyclic) bond motifs is 1. The third kappa shape index (κ3) is 4.41. The highest BCUT2D eigenvalue weighted by Gasteiger charge is 2.12. The summed E-state index contributed by atoms with van der Waals surface area (Å²) in [6.07, 6.45) is 0. The van der Waals surface area contributed by atoms with Crippen molar-refractivity contribution >= 4 is 34.5 Å². The number of nitrogens with one attached hydrogen (secondary N) is 1. The van der Waals surface area contributed by atoms with Gasteiger partial charge in [0.2, 0.25) is 11.8 Å². The first-order valence-electron chi connectivity index (χ1n) is 9.02. The zero-order chi connectivity index (χ0) is 20.2. The van der Waals surface area contributed by atoms with Crippen LogP contribution < -0.4 is 10.1 Å². The summed E-state index contributed by atoms with van der Waals surface area (Å²) in [5.41, 5.74) is 3.69. The number of carbonyl (C=O) groups is 1. The highest BCUT2D eigenvalue weighted by atomic mass is 32.2. The van der Waals surface area contributed by atoms with E-state index in [1.807, 2.05) is 42.5 Å². The maximum atomic E-state index is 12.2. The number of hydrogen-bond acceptors (Lipinski definition) is 6. The average Bonchev–Trinajstić information content (AvgIpc) is 3.16. The zero-order valence-corrected chi connectivity index (χ0v) is 16.8. The first-order chi connectivity index (χ1) is 14.1. The summed E-state index contributed by atoms with van der Waals surface area (Å²) in [5, 5.41) is 8.25. The number of nitrogens with zero attached hydrogens (tertiary/aromatic N) is 2. The molecule has 6 nitrogen and oxygen atoms in total. The fraction of sp³-hybridized carbons (Fsp3) is 0.136. The van der Waals surface area contributed by atoms with Crippen LogP contribution in [-0.4, -0.2) is 28.9 Å². The topological polar surface area (TPSA) is 77.2 Å². The molecule has 7 heteroatoms. The van der Waals surface area contributed by atoms with Crippen molar-refractivity contribution in [3.05, 3.63) is 66.4 Å². The lowest BCUT2D eigenvalue weighted by molar-refractivity contribution is -0.113. The molecule has 0 fully saturated rings. The molecule has 0 aliphatic carbocycles. The normalized spacial score (nSPS) is 10.8. The summed E-state index contributed by atoms with van der Waals surface area (Å²) in [5.74, 6) is 1.11. The number of pyridine rings is 1. The number of anilines is 1. The number of carbonyl (C=O) groups excluding carboxylic acids is 1. The van der Waals surface area contributed by atoms with E-state index in [0.717, 1.165) is 32.8 Å². The van der Waals surface area contributed by atoms with Gasteiger partial charge in [0.15, 0.2) is 0 Å². The number of ether oxygens (including phenoxy) is 1. The minimum Gasteiger partial charge on any atom is -0.497 e. The molecule has 2 aromatic heterocycles. The van der Waals surface area contributed by atoms with Crippen molar-refractivity contribution in [3.63, 3.8) is 0 Å². The lowest BCUT2D eigenvalue weighted by Crippen LogP contribution is -2.13. The maximum Gasteiger partial charge on any atom is 0.237 e. The Morgan fingerprint density at radius 3 is 2.69 bits per heavy atom. The second-order valence-corrected chi connectivity index (χ2v) is 7.42. The summed E-state index contributed by atoms with van der Waals surface area (Å²) in [7, 11) is 1.63. The molecule has 29 heavy (non-hydrogen) atoms. The van der Waals surface area contributed by atoms with E-state index in [1.165, 1.54) is 11.8 Å². The van der Waals surface area contributed by atoms with E-state index in [1.54, 1.807) is 20.1 Å². The molecule has 0 bridgehead atoms. The van der Waals surface area contributed by atoms with E-state index < -0.39 is 0 Å². The molecule has 0 saturated carbocycles. The fourth-order valence-electron chi connectivity index (χ4n) is 2.98. The van der Waals surface area contributed by atoms with E-state index in [9.17, 15) is 4.79 Å². The van der Waals surface area contributed by atoms with Gasteiger partial charge in [0.1, 0.15) is 5.75 Å². The number of benzene rings is 2. The van der Waals surface area contributed by atoms with Crippen LogP contribution in [0, 0.1) is 6.92 Å². The molecule has 0 radical (unpaired) electrons. The molecular weight excluding hydrogens is 386 g/mol. The van der Waals surface area contributed by atoms with Crippen molar-refractivity contribution in [2.45, 2.75) is 11.9 Å². The van der Waals surface area contributed by atoms with Crippen LogP contribution in [0.4, 0.5) is 5.88 Å². The first kappa shape index (κ1) is 19.0. The van der Waals surface area contributed by atoms with Crippen molar-refractivity contribution < 1.29 is 14.1 Å². The largest absolute Gasteiger partial charge is 0.497 e. The SMILES string of the molecule is COc1ccc2c(-c3ccccc3)cc(SCC(=O)Nc3cc(C)no3)nc2c1. The Balaban J connectivity index is 1.62. The molecule has 4 aromatic rings. The molecule has 0 spiro atoms. The standard InChI is InChI=1S/C22H19N3O3S/c1-14-10-21(28-25-14)24-20(26)13-29-22-12-18(15-6-4-3-5-7-15)17-9-8-16(27-2)11-19(17)23-22/h3-12H,13H2,1-2H3,(H,24,26). The van der Waals surface area contributed by atoms with Gasteiger partial charge in [0.05, 0.1) is 29.1 Å². The van der Waals surface area contributed by atoms with Gasteiger partial charge in [-0.2, -0.15) is 0 Å². The average molecular weight is 405 g/mol. The van der Waals surface area contributed by atoms with E-state index in [4.69, 9.17) is 14.2 Å². The Kier molecular flexibility index (Phi) is 5.48. The van der Waals surface area contributed by atoms with Gasteiger partial charge in [0, 0.05) is 17.5 Å². The Morgan fingerprint density at radius 1 is 1.14 bits per heavy atom. The lowest BCUT2D eigenvalue weighted by atomic mass is 10.0. The second-order valence-electron chi connectivity index (χ2n) is 6.43. The molecule has 0 aliphatic rings. The van der Waals surface area contributed by atoms with E-state index in [-0.39, 0.29) is 11.7 Å². The van der Waals surface area contributed by atoms with Gasteiger partial charge < -0.3 is 9.26 Å². The number of amides is 1. The summed E-state index contributed by atoms with van der Waals surface area (Å²) < 4.78 is 10.4. The number of aromatic nitrogens is 2. The molecule has 0 saturated heterocycles. The van der Waals surface area contributed by atoms with Gasteiger partial charge >= 0.3 is 0 Å². The molecule has 0 unspecified atom stereocenters. The number of aryl methyl sites for hydroxylation is 1. The van der Waals surface area contributed by atoms with Crippen LogP contribution in [0.25, 0.3) is 22.0 Å². The quantitative estimate of drug-likeness (QED) is 0.458. The van der Waals surface area contributed by atoms with E-state index >= 15 is 0 Å². The third-order valence-corrected chi connectivity index (χ3v) is 5.23. The summed E-state index contributed by atoms with van der Waals surface area (Å²) in [6, 6.07) is 19.7. The van der Waals surface area contributed by atoms with Crippen LogP contribution >= 0.6 is 11.8 Å². The summed E-state index contributed by atoms with van der Waals surface area (Å²) in [6.45, 7) is 1.80. The molecule has 1 amide bonds. The Hall–Kier alpha value is -3.32. The Morgan fingerprint density at radius 2 is 1.97 bits per heavy atom. The highest BCUT2D eigenvalue weighted by Crippen LogP contribution is 2.33. The van der Waals surface area contributed by atoms with Crippen molar-refractivity contribution in [3.8, 4) is 16.9 Å². The van der Waals surface area contributed by atoms with Gasteiger partial charge in [-0.05, 0) is 36.2 Å². The summed E-state index contributed by atoms with van der Waals surface area (Å²) in [4.78, 5) is 17.0. The van der Waals surface area contributed by atoms with Crippen molar-refractivity contribution in [1.82, 2.24) is 10.1 Å². The van der Waals surface area contributed by atoms with Gasteiger partial charge in [0.25, 0.3) is 0 Å². The number of hydrogen-bond donors (Lipinski definition) is 1. The van der Waals surface area contributed by atoms with E-state index in [2.05, 4.69) is 22.6 Å². The number of rotatable bonds is 6. The fourth-order valence-corrected chi connectivity index (χ4v) is 3.69. The Labute approximate surface area is 172 Å². The second kappa shape index (κ2) is 8.36. The highest BCUT2D eigenvalue weighted by molar-refractivity contribution is 7.99. The van der Waals surface area contributed by atoms with Crippen LogP contribution in [0.15, 0.2) is 70.2 Å². The van der Waals surface area contributed by atoms with Crippen molar-refractivity contribution in [2.75, 3.05) is 18.2 Å².